The summed E-state index contributed by atoms with van der Waals surface area (Å²) in [6, 6.07) is 5.72. The zero-order valence-corrected chi connectivity index (χ0v) is 9.53. The molecule has 1 saturated carbocycles. The van der Waals surface area contributed by atoms with Crippen LogP contribution < -0.4 is 5.73 Å². The third-order valence-corrected chi connectivity index (χ3v) is 3.31. The van der Waals surface area contributed by atoms with Crippen molar-refractivity contribution < 1.29 is 9.53 Å². The Labute approximate surface area is 95.6 Å². The zero-order valence-electron chi connectivity index (χ0n) is 9.53. The van der Waals surface area contributed by atoms with Gasteiger partial charge in [-0.2, -0.15) is 0 Å². The number of hydrogen-bond donors (Lipinski definition) is 1. The number of carbonyl (C=O) groups excluding carboxylic acids is 1. The monoisotopic (exact) mass is 219 g/mol. The molecule has 0 amide bonds. The van der Waals surface area contributed by atoms with Crippen molar-refractivity contribution in [3.05, 3.63) is 29.3 Å². The number of benzene rings is 1. The number of rotatable bonds is 2. The number of nitrogen functional groups attached to an aromatic ring is 1. The van der Waals surface area contributed by atoms with E-state index in [1.54, 1.807) is 6.07 Å². The Kier molecular flexibility index (Phi) is 3.13. The third-order valence-electron chi connectivity index (χ3n) is 3.31. The van der Waals surface area contributed by atoms with E-state index in [1.165, 1.54) is 38.4 Å². The molecule has 0 aliphatic heterocycles. The fourth-order valence-corrected chi connectivity index (χ4v) is 2.37. The Morgan fingerprint density at radius 3 is 2.69 bits per heavy atom. The van der Waals surface area contributed by atoms with Crippen molar-refractivity contribution in [1.82, 2.24) is 0 Å². The number of hydrogen-bond acceptors (Lipinski definition) is 3. The summed E-state index contributed by atoms with van der Waals surface area (Å²) in [7, 11) is 1.38. The third kappa shape index (κ3) is 2.03. The van der Waals surface area contributed by atoms with Crippen LogP contribution in [0.4, 0.5) is 5.69 Å². The molecule has 2 N–H and O–H groups in total. The Morgan fingerprint density at radius 2 is 2.06 bits per heavy atom. The highest BCUT2D eigenvalue weighted by Crippen LogP contribution is 2.35. The topological polar surface area (TPSA) is 52.3 Å². The van der Waals surface area contributed by atoms with Crippen molar-refractivity contribution in [1.29, 1.82) is 0 Å². The molecule has 1 aliphatic rings. The summed E-state index contributed by atoms with van der Waals surface area (Å²) in [5.41, 5.74) is 7.97. The van der Waals surface area contributed by atoms with Gasteiger partial charge in [-0.3, -0.25) is 0 Å². The first-order valence-corrected chi connectivity index (χ1v) is 5.70. The van der Waals surface area contributed by atoms with Crippen LogP contribution in [0.15, 0.2) is 18.2 Å². The summed E-state index contributed by atoms with van der Waals surface area (Å²) in [6.07, 6.45) is 4.99. The van der Waals surface area contributed by atoms with Crippen molar-refractivity contribution in [2.75, 3.05) is 12.8 Å². The van der Waals surface area contributed by atoms with Crippen molar-refractivity contribution in [2.24, 2.45) is 0 Å². The quantitative estimate of drug-likeness (QED) is 0.614. The van der Waals surface area contributed by atoms with E-state index in [0.29, 0.717) is 17.2 Å². The molecule has 1 aromatic rings. The van der Waals surface area contributed by atoms with E-state index in [2.05, 4.69) is 0 Å². The van der Waals surface area contributed by atoms with Crippen LogP contribution in [0.5, 0.6) is 0 Å². The van der Waals surface area contributed by atoms with Crippen molar-refractivity contribution in [3.63, 3.8) is 0 Å². The molecule has 86 valence electrons. The van der Waals surface area contributed by atoms with Crippen molar-refractivity contribution in [2.45, 2.75) is 31.6 Å². The maximum atomic E-state index is 11.5. The lowest BCUT2D eigenvalue weighted by Crippen LogP contribution is -2.07. The molecular weight excluding hydrogens is 202 g/mol. The van der Waals surface area contributed by atoms with Crippen LogP contribution in [0, 0.1) is 0 Å². The van der Waals surface area contributed by atoms with Crippen LogP contribution in [0.1, 0.15) is 47.5 Å². The minimum absolute atomic E-state index is 0.350. The zero-order chi connectivity index (χ0) is 11.5. The second-order valence-electron chi connectivity index (χ2n) is 4.32. The highest BCUT2D eigenvalue weighted by molar-refractivity contribution is 5.95. The van der Waals surface area contributed by atoms with Crippen LogP contribution in [0.2, 0.25) is 0 Å². The lowest BCUT2D eigenvalue weighted by molar-refractivity contribution is 0.0602. The van der Waals surface area contributed by atoms with Gasteiger partial charge in [0.1, 0.15) is 0 Å². The van der Waals surface area contributed by atoms with Crippen LogP contribution in [0.25, 0.3) is 0 Å². The van der Waals surface area contributed by atoms with Crippen LogP contribution in [0.3, 0.4) is 0 Å². The second-order valence-corrected chi connectivity index (χ2v) is 4.32. The van der Waals surface area contributed by atoms with Gasteiger partial charge < -0.3 is 10.5 Å². The minimum Gasteiger partial charge on any atom is -0.465 e. The van der Waals surface area contributed by atoms with E-state index in [0.717, 1.165) is 0 Å². The number of carbonyl (C=O) groups is 1. The maximum Gasteiger partial charge on any atom is 0.339 e. The van der Waals surface area contributed by atoms with E-state index >= 15 is 0 Å². The fourth-order valence-electron chi connectivity index (χ4n) is 2.37. The van der Waals surface area contributed by atoms with Gasteiger partial charge in [-0.05, 0) is 36.5 Å². The van der Waals surface area contributed by atoms with Gasteiger partial charge in [0.25, 0.3) is 0 Å². The number of esters is 1. The molecule has 0 saturated heterocycles. The summed E-state index contributed by atoms with van der Waals surface area (Å²) >= 11 is 0. The van der Waals surface area contributed by atoms with Crippen LogP contribution in [-0.4, -0.2) is 13.1 Å². The first kappa shape index (κ1) is 11.0. The Hall–Kier alpha value is -1.51. The summed E-state index contributed by atoms with van der Waals surface area (Å²) < 4.78 is 4.72. The van der Waals surface area contributed by atoms with Gasteiger partial charge in [-0.25, -0.2) is 4.79 Å². The predicted molar refractivity (Wildman–Crippen MR) is 63.4 cm³/mol. The summed E-state index contributed by atoms with van der Waals surface area (Å²) in [6.45, 7) is 0. The molecule has 2 rings (SSSR count). The predicted octanol–water partition coefficient (Wildman–Crippen LogP) is 2.71. The average Bonchev–Trinajstić information content (AvgIpc) is 2.82. The molecule has 1 fully saturated rings. The first-order valence-electron chi connectivity index (χ1n) is 5.70. The molecule has 16 heavy (non-hydrogen) atoms. The highest BCUT2D eigenvalue weighted by Gasteiger charge is 2.19. The van der Waals surface area contributed by atoms with Crippen LogP contribution >= 0.6 is 0 Å². The molecule has 0 atom stereocenters. The van der Waals surface area contributed by atoms with E-state index in [4.69, 9.17) is 10.5 Å². The van der Waals surface area contributed by atoms with Crippen molar-refractivity contribution >= 4 is 11.7 Å². The molecule has 3 heteroatoms. The molecule has 3 nitrogen and oxygen atoms in total. The Morgan fingerprint density at radius 1 is 1.38 bits per heavy atom. The summed E-state index contributed by atoms with van der Waals surface area (Å²) in [5, 5.41) is 0. The molecule has 0 unspecified atom stereocenters. The SMILES string of the molecule is COC(=O)c1cc(C2CCCC2)ccc1N. The van der Waals surface area contributed by atoms with Gasteiger partial charge in [0.05, 0.1) is 12.7 Å². The number of methoxy groups -OCH3 is 1. The van der Waals surface area contributed by atoms with Gasteiger partial charge in [-0.1, -0.05) is 18.9 Å². The van der Waals surface area contributed by atoms with Crippen LogP contribution in [-0.2, 0) is 4.74 Å². The first-order chi connectivity index (χ1) is 7.72. The fraction of sp³-hybridized carbons (Fsp3) is 0.462. The Bertz CT molecular complexity index is 395. The number of nitrogens with two attached hydrogens (primary N) is 1. The molecular formula is C13H17NO2. The van der Waals surface area contributed by atoms with E-state index in [-0.39, 0.29) is 5.97 Å². The van der Waals surface area contributed by atoms with Gasteiger partial charge >= 0.3 is 5.97 Å². The average molecular weight is 219 g/mol. The molecule has 0 aromatic heterocycles. The largest absolute Gasteiger partial charge is 0.465 e. The summed E-state index contributed by atoms with van der Waals surface area (Å²) in [5.74, 6) is 0.237. The number of ether oxygens (including phenoxy) is 1. The normalized spacial score (nSPS) is 16.3. The maximum absolute atomic E-state index is 11.5. The summed E-state index contributed by atoms with van der Waals surface area (Å²) in [4.78, 5) is 11.5. The number of anilines is 1. The second kappa shape index (κ2) is 4.56. The van der Waals surface area contributed by atoms with E-state index in [1.807, 2.05) is 12.1 Å². The molecule has 0 heterocycles. The molecule has 0 radical (unpaired) electrons. The standard InChI is InChI=1S/C13H17NO2/c1-16-13(15)11-8-10(6-7-12(11)14)9-4-2-3-5-9/h6-9H,2-5,14H2,1H3. The molecule has 1 aromatic carbocycles. The van der Waals surface area contributed by atoms with Gasteiger partial charge in [0.2, 0.25) is 0 Å². The van der Waals surface area contributed by atoms with Crippen molar-refractivity contribution in [3.8, 4) is 0 Å². The lowest BCUT2D eigenvalue weighted by atomic mass is 9.95. The molecule has 0 spiro atoms. The lowest BCUT2D eigenvalue weighted by Gasteiger charge is -2.12. The van der Waals surface area contributed by atoms with E-state index in [9.17, 15) is 4.79 Å². The van der Waals surface area contributed by atoms with Gasteiger partial charge in [0, 0.05) is 5.69 Å². The van der Waals surface area contributed by atoms with Gasteiger partial charge in [0.15, 0.2) is 0 Å². The Balaban J connectivity index is 2.30. The van der Waals surface area contributed by atoms with Gasteiger partial charge in [-0.15, -0.1) is 0 Å². The molecule has 0 bridgehead atoms. The molecule has 1 aliphatic carbocycles. The highest BCUT2D eigenvalue weighted by atomic mass is 16.5. The smallest absolute Gasteiger partial charge is 0.339 e. The van der Waals surface area contributed by atoms with E-state index < -0.39 is 0 Å². The minimum atomic E-state index is -0.350.